The molecule has 0 aliphatic carbocycles. The van der Waals surface area contributed by atoms with Gasteiger partial charge in [0.1, 0.15) is 0 Å². The van der Waals surface area contributed by atoms with Gasteiger partial charge in [0.25, 0.3) is 5.91 Å². The number of quaternary nitrogens is 1. The second kappa shape index (κ2) is 11.0. The molecular formula is C28H38N3O2S+. The smallest absolute Gasteiger partial charge is 0.251 e. The fourth-order valence-corrected chi connectivity index (χ4v) is 6.34. The van der Waals surface area contributed by atoms with Gasteiger partial charge in [0, 0.05) is 35.3 Å². The van der Waals surface area contributed by atoms with Gasteiger partial charge >= 0.3 is 0 Å². The van der Waals surface area contributed by atoms with Gasteiger partial charge in [0.2, 0.25) is 5.91 Å². The van der Waals surface area contributed by atoms with Gasteiger partial charge in [0.15, 0.2) is 0 Å². The largest absolute Gasteiger partial charge is 0.352 e. The van der Waals surface area contributed by atoms with E-state index in [4.69, 9.17) is 0 Å². The summed E-state index contributed by atoms with van der Waals surface area (Å²) in [6.07, 6.45) is 2.32. The maximum Gasteiger partial charge on any atom is 0.251 e. The Labute approximate surface area is 208 Å². The van der Waals surface area contributed by atoms with Gasteiger partial charge in [-0.2, -0.15) is 0 Å². The molecule has 6 heteroatoms. The molecule has 2 aromatic carbocycles. The minimum atomic E-state index is -0.0621. The van der Waals surface area contributed by atoms with Crippen LogP contribution in [0.3, 0.4) is 0 Å². The SMILES string of the molecule is Cc1ccc(C)c(CN2C(=O)CSc3ccc(C(=O)NCCC[NH+]4CC(C)CC(C)C4)cc32)c1. The summed E-state index contributed by atoms with van der Waals surface area (Å²) >= 11 is 1.55. The number of hydrogen-bond donors (Lipinski definition) is 2. The van der Waals surface area contributed by atoms with E-state index in [1.54, 1.807) is 16.7 Å². The minimum absolute atomic E-state index is 0.0621. The van der Waals surface area contributed by atoms with Gasteiger partial charge in [-0.25, -0.2) is 0 Å². The van der Waals surface area contributed by atoms with Crippen molar-refractivity contribution in [3.05, 3.63) is 58.7 Å². The van der Waals surface area contributed by atoms with Crippen molar-refractivity contribution in [1.29, 1.82) is 0 Å². The van der Waals surface area contributed by atoms with E-state index in [0.29, 0.717) is 24.4 Å². The van der Waals surface area contributed by atoms with Crippen LogP contribution >= 0.6 is 11.8 Å². The van der Waals surface area contributed by atoms with Gasteiger partial charge in [-0.3, -0.25) is 9.59 Å². The number of piperidine rings is 1. The number of carbonyl (C=O) groups excluding carboxylic acids is 2. The van der Waals surface area contributed by atoms with Crippen LogP contribution in [0.1, 0.15) is 53.7 Å². The normalized spacial score (nSPS) is 22.4. The Morgan fingerprint density at radius 1 is 1.12 bits per heavy atom. The molecule has 2 heterocycles. The van der Waals surface area contributed by atoms with Crippen molar-refractivity contribution < 1.29 is 14.5 Å². The number of nitrogens with one attached hydrogen (secondary N) is 2. The van der Waals surface area contributed by atoms with Crippen molar-refractivity contribution in [3.63, 3.8) is 0 Å². The van der Waals surface area contributed by atoms with Crippen molar-refractivity contribution in [2.45, 2.75) is 52.0 Å². The average Bonchev–Trinajstić information content (AvgIpc) is 2.80. The lowest BCUT2D eigenvalue weighted by atomic mass is 9.92. The zero-order chi connectivity index (χ0) is 24.2. The number of rotatable bonds is 7. The number of anilines is 1. The molecule has 1 fully saturated rings. The van der Waals surface area contributed by atoms with Crippen molar-refractivity contribution in [2.75, 3.05) is 36.8 Å². The standard InChI is InChI=1S/C28H37N3O2S/c1-19-6-7-22(4)24(13-19)17-31-25-14-23(8-9-26(25)34-18-27(31)32)28(33)29-10-5-11-30-15-20(2)12-21(3)16-30/h6-9,13-14,20-21H,5,10-12,15-18H2,1-4H3,(H,29,33)/p+1. The third-order valence-corrected chi connectivity index (χ3v) is 8.12. The first-order chi connectivity index (χ1) is 16.3. The fraction of sp³-hybridized carbons (Fsp3) is 0.500. The first-order valence-corrected chi connectivity index (χ1v) is 13.5. The topological polar surface area (TPSA) is 53.9 Å². The molecule has 2 aliphatic heterocycles. The van der Waals surface area contributed by atoms with Crippen LogP contribution in [0.4, 0.5) is 5.69 Å². The van der Waals surface area contributed by atoms with Crippen molar-refractivity contribution in [3.8, 4) is 0 Å². The molecule has 0 aromatic heterocycles. The van der Waals surface area contributed by atoms with Crippen molar-refractivity contribution in [1.82, 2.24) is 5.32 Å². The number of likely N-dealkylation sites (tertiary alicyclic amines) is 1. The lowest BCUT2D eigenvalue weighted by Crippen LogP contribution is -3.14. The fourth-order valence-electron chi connectivity index (χ4n) is 5.43. The van der Waals surface area contributed by atoms with Crippen LogP contribution in [-0.4, -0.2) is 43.7 Å². The quantitative estimate of drug-likeness (QED) is 0.595. The lowest BCUT2D eigenvalue weighted by molar-refractivity contribution is -0.912. The summed E-state index contributed by atoms with van der Waals surface area (Å²) in [5.74, 6) is 2.03. The molecule has 2 unspecified atom stereocenters. The Kier molecular flexibility index (Phi) is 7.99. The number of aryl methyl sites for hydroxylation is 2. The Morgan fingerprint density at radius 2 is 1.88 bits per heavy atom. The third kappa shape index (κ3) is 6.02. The van der Waals surface area contributed by atoms with Gasteiger partial charge in [-0.15, -0.1) is 11.8 Å². The molecule has 0 radical (unpaired) electrons. The molecule has 0 bridgehead atoms. The highest BCUT2D eigenvalue weighted by molar-refractivity contribution is 8.00. The number of thioether (sulfide) groups is 1. The Hall–Kier alpha value is -2.31. The molecule has 2 amide bonds. The van der Waals surface area contributed by atoms with Crippen molar-refractivity contribution in [2.24, 2.45) is 11.8 Å². The highest BCUT2D eigenvalue weighted by Crippen LogP contribution is 2.37. The van der Waals surface area contributed by atoms with E-state index >= 15 is 0 Å². The summed E-state index contributed by atoms with van der Waals surface area (Å²) in [6, 6.07) is 12.1. The average molecular weight is 481 g/mol. The van der Waals surface area contributed by atoms with Crippen LogP contribution in [0.15, 0.2) is 41.3 Å². The van der Waals surface area contributed by atoms with Gasteiger partial charge in [-0.05, 0) is 49.6 Å². The number of nitrogens with zero attached hydrogens (tertiary/aromatic N) is 1. The molecule has 0 spiro atoms. The molecule has 2 atom stereocenters. The zero-order valence-corrected chi connectivity index (χ0v) is 21.8. The predicted molar refractivity (Wildman–Crippen MR) is 140 cm³/mol. The molecule has 1 saturated heterocycles. The molecule has 2 aromatic rings. The molecule has 2 aliphatic rings. The molecule has 182 valence electrons. The highest BCUT2D eigenvalue weighted by atomic mass is 32.2. The Balaban J connectivity index is 1.39. The number of carbonyl (C=O) groups is 2. The van der Waals surface area contributed by atoms with Crippen LogP contribution in [0.5, 0.6) is 0 Å². The summed E-state index contributed by atoms with van der Waals surface area (Å²) in [6.45, 7) is 13.6. The minimum Gasteiger partial charge on any atom is -0.352 e. The molecule has 2 N–H and O–H groups in total. The summed E-state index contributed by atoms with van der Waals surface area (Å²) in [7, 11) is 0. The second-order valence-electron chi connectivity index (χ2n) is 10.3. The number of hydrogen-bond acceptors (Lipinski definition) is 3. The van der Waals surface area contributed by atoms with Gasteiger partial charge < -0.3 is 15.1 Å². The van der Waals surface area contributed by atoms with E-state index in [-0.39, 0.29) is 11.8 Å². The molecule has 5 nitrogen and oxygen atoms in total. The molecule has 4 rings (SSSR count). The highest BCUT2D eigenvalue weighted by Gasteiger charge is 2.27. The molecular weight excluding hydrogens is 442 g/mol. The van der Waals surface area contributed by atoms with Crippen molar-refractivity contribution >= 4 is 29.3 Å². The Bertz CT molecular complexity index is 1040. The number of fused-ring (bicyclic) bond motifs is 1. The molecule has 0 saturated carbocycles. The van der Waals surface area contributed by atoms with Crippen LogP contribution in [0.25, 0.3) is 0 Å². The number of amides is 2. The Morgan fingerprint density at radius 3 is 2.65 bits per heavy atom. The predicted octanol–water partition coefficient (Wildman–Crippen LogP) is 3.62. The first-order valence-electron chi connectivity index (χ1n) is 12.5. The summed E-state index contributed by atoms with van der Waals surface area (Å²) in [5, 5.41) is 3.10. The third-order valence-electron chi connectivity index (χ3n) is 7.07. The lowest BCUT2D eigenvalue weighted by Gasteiger charge is -2.32. The monoisotopic (exact) mass is 480 g/mol. The molecule has 34 heavy (non-hydrogen) atoms. The van der Waals surface area contributed by atoms with E-state index < -0.39 is 0 Å². The summed E-state index contributed by atoms with van der Waals surface area (Å²) < 4.78 is 0. The van der Waals surface area contributed by atoms with E-state index in [9.17, 15) is 9.59 Å². The van der Waals surface area contributed by atoms with E-state index in [1.807, 2.05) is 23.1 Å². The summed E-state index contributed by atoms with van der Waals surface area (Å²) in [4.78, 5) is 30.3. The van der Waals surface area contributed by atoms with Gasteiger partial charge in [0.05, 0.1) is 37.6 Å². The van der Waals surface area contributed by atoms with E-state index in [1.165, 1.54) is 30.6 Å². The van der Waals surface area contributed by atoms with Crippen LogP contribution < -0.4 is 15.1 Å². The number of benzene rings is 2. The van der Waals surface area contributed by atoms with Crippen LogP contribution in [0, 0.1) is 25.7 Å². The van der Waals surface area contributed by atoms with Crippen LogP contribution in [0.2, 0.25) is 0 Å². The maximum absolute atomic E-state index is 12.9. The zero-order valence-electron chi connectivity index (χ0n) is 20.9. The van der Waals surface area contributed by atoms with E-state index in [2.05, 4.69) is 51.2 Å². The maximum atomic E-state index is 12.9. The second-order valence-corrected chi connectivity index (χ2v) is 11.4. The van der Waals surface area contributed by atoms with Crippen LogP contribution in [-0.2, 0) is 11.3 Å². The van der Waals surface area contributed by atoms with Gasteiger partial charge in [-0.1, -0.05) is 37.6 Å². The first kappa shape index (κ1) is 24.8. The van der Waals surface area contributed by atoms with E-state index in [0.717, 1.165) is 40.9 Å². The summed E-state index contributed by atoms with van der Waals surface area (Å²) in [5.41, 5.74) is 4.96.